The van der Waals surface area contributed by atoms with Crippen molar-refractivity contribution in [2.75, 3.05) is 0 Å². The summed E-state index contributed by atoms with van der Waals surface area (Å²) in [6.45, 7) is 0. The van der Waals surface area contributed by atoms with Crippen molar-refractivity contribution in [1.29, 1.82) is 0 Å². The number of rotatable bonds is 1. The molecule has 0 atom stereocenters. The Kier molecular flexibility index (Phi) is 2.40. The second-order valence-electron chi connectivity index (χ2n) is 3.95. The van der Waals surface area contributed by atoms with Crippen LogP contribution in [0.15, 0.2) is 22.8 Å². The van der Waals surface area contributed by atoms with Gasteiger partial charge >= 0.3 is 0 Å². The molecule has 0 radical (unpaired) electrons. The number of nitrogens with zero attached hydrogens (tertiary/aromatic N) is 2. The summed E-state index contributed by atoms with van der Waals surface area (Å²) in [5.41, 5.74) is 2.20. The maximum Gasteiger partial charge on any atom is 0.197 e. The van der Waals surface area contributed by atoms with E-state index in [1.807, 2.05) is 12.1 Å². The first-order valence-electron chi connectivity index (χ1n) is 5.44. The Balaban J connectivity index is 2.12. The molecule has 0 saturated heterocycles. The molecule has 0 unspecified atom stereocenters. The van der Waals surface area contributed by atoms with Crippen molar-refractivity contribution >= 4 is 11.6 Å². The Morgan fingerprint density at radius 1 is 1.19 bits per heavy atom. The first kappa shape index (κ1) is 9.85. The monoisotopic (exact) mass is 234 g/mol. The zero-order valence-electron chi connectivity index (χ0n) is 8.74. The molecule has 0 aromatic carbocycles. The van der Waals surface area contributed by atoms with Crippen LogP contribution in [0.2, 0.25) is 5.15 Å². The lowest BCUT2D eigenvalue weighted by atomic mass is 9.97. The normalized spacial score (nSPS) is 14.8. The first-order chi connectivity index (χ1) is 7.84. The van der Waals surface area contributed by atoms with Gasteiger partial charge in [0.2, 0.25) is 0 Å². The van der Waals surface area contributed by atoms with Gasteiger partial charge in [0, 0.05) is 11.3 Å². The van der Waals surface area contributed by atoms with Crippen LogP contribution in [0.5, 0.6) is 0 Å². The van der Waals surface area contributed by atoms with Gasteiger partial charge in [-0.05, 0) is 37.8 Å². The van der Waals surface area contributed by atoms with Crippen LogP contribution in [-0.2, 0) is 12.8 Å². The Hall–Kier alpha value is -1.35. The Labute approximate surface area is 98.5 Å². The van der Waals surface area contributed by atoms with E-state index in [9.17, 15) is 0 Å². The van der Waals surface area contributed by atoms with Crippen LogP contribution in [0.4, 0.5) is 0 Å². The van der Waals surface area contributed by atoms with Gasteiger partial charge in [-0.1, -0.05) is 11.6 Å². The minimum Gasteiger partial charge on any atom is -0.461 e. The predicted molar refractivity (Wildman–Crippen MR) is 61.4 cm³/mol. The molecular formula is C12H11ClN2O. The van der Waals surface area contributed by atoms with E-state index in [-0.39, 0.29) is 0 Å². The molecule has 0 amide bonds. The molecule has 3 rings (SSSR count). The molecule has 0 spiro atoms. The first-order valence-corrected chi connectivity index (χ1v) is 5.81. The van der Waals surface area contributed by atoms with Crippen LogP contribution in [0, 0.1) is 0 Å². The smallest absolute Gasteiger partial charge is 0.197 e. The average Bonchev–Trinajstić information content (AvgIpc) is 2.82. The van der Waals surface area contributed by atoms with Crippen LogP contribution >= 0.6 is 11.6 Å². The lowest BCUT2D eigenvalue weighted by molar-refractivity contribution is 0.574. The van der Waals surface area contributed by atoms with Crippen LogP contribution in [0.3, 0.4) is 0 Å². The third-order valence-corrected chi connectivity index (χ3v) is 3.19. The molecular weight excluding hydrogens is 224 g/mol. The third-order valence-electron chi connectivity index (χ3n) is 2.87. The van der Waals surface area contributed by atoms with Crippen LogP contribution in [0.25, 0.3) is 11.6 Å². The highest BCUT2D eigenvalue weighted by Gasteiger charge is 2.17. The second-order valence-corrected chi connectivity index (χ2v) is 4.31. The maximum absolute atomic E-state index is 6.17. The van der Waals surface area contributed by atoms with E-state index in [2.05, 4.69) is 9.97 Å². The standard InChI is InChI=1S/C12H11ClN2O/c13-11-8-4-1-2-5-9(8)14-12(15-11)10-6-3-7-16-10/h3,6-7H,1-2,4-5H2. The molecule has 0 aliphatic heterocycles. The highest BCUT2D eigenvalue weighted by molar-refractivity contribution is 6.30. The van der Waals surface area contributed by atoms with Crippen molar-refractivity contribution in [3.8, 4) is 11.6 Å². The fourth-order valence-electron chi connectivity index (χ4n) is 2.06. The zero-order chi connectivity index (χ0) is 11.0. The number of aromatic nitrogens is 2. The van der Waals surface area contributed by atoms with Crippen molar-refractivity contribution in [2.24, 2.45) is 0 Å². The number of halogens is 1. The van der Waals surface area contributed by atoms with E-state index in [1.54, 1.807) is 6.26 Å². The number of furan rings is 1. The quantitative estimate of drug-likeness (QED) is 0.711. The lowest BCUT2D eigenvalue weighted by Gasteiger charge is -2.15. The van der Waals surface area contributed by atoms with Crippen molar-refractivity contribution in [2.45, 2.75) is 25.7 Å². The Morgan fingerprint density at radius 3 is 2.88 bits per heavy atom. The number of hydrogen-bond acceptors (Lipinski definition) is 3. The summed E-state index contributed by atoms with van der Waals surface area (Å²) in [5.74, 6) is 1.27. The number of aryl methyl sites for hydroxylation is 1. The van der Waals surface area contributed by atoms with Crippen LogP contribution in [0.1, 0.15) is 24.1 Å². The molecule has 2 heterocycles. The van der Waals surface area contributed by atoms with Gasteiger partial charge in [-0.2, -0.15) is 0 Å². The Morgan fingerprint density at radius 2 is 2.06 bits per heavy atom. The SMILES string of the molecule is Clc1nc(-c2ccco2)nc2c1CCCC2. The summed E-state index contributed by atoms with van der Waals surface area (Å²) >= 11 is 6.17. The van der Waals surface area contributed by atoms with Crippen LogP contribution < -0.4 is 0 Å². The zero-order valence-corrected chi connectivity index (χ0v) is 9.50. The minimum absolute atomic E-state index is 0.580. The van der Waals surface area contributed by atoms with Gasteiger partial charge in [0.25, 0.3) is 0 Å². The molecule has 0 saturated carbocycles. The summed E-state index contributed by atoms with van der Waals surface area (Å²) in [7, 11) is 0. The maximum atomic E-state index is 6.17. The highest BCUT2D eigenvalue weighted by atomic mass is 35.5. The van der Waals surface area contributed by atoms with Crippen molar-refractivity contribution < 1.29 is 4.42 Å². The van der Waals surface area contributed by atoms with E-state index in [0.29, 0.717) is 16.7 Å². The molecule has 82 valence electrons. The van der Waals surface area contributed by atoms with E-state index in [1.165, 1.54) is 12.8 Å². The van der Waals surface area contributed by atoms with E-state index >= 15 is 0 Å². The van der Waals surface area contributed by atoms with Gasteiger partial charge in [-0.3, -0.25) is 0 Å². The molecule has 2 aromatic heterocycles. The summed E-state index contributed by atoms with van der Waals surface area (Å²) in [5, 5.41) is 0.580. The molecule has 4 heteroatoms. The van der Waals surface area contributed by atoms with Gasteiger partial charge < -0.3 is 4.42 Å². The molecule has 1 aliphatic carbocycles. The predicted octanol–water partition coefficient (Wildman–Crippen LogP) is 3.27. The van der Waals surface area contributed by atoms with Crippen molar-refractivity contribution in [3.05, 3.63) is 34.8 Å². The summed E-state index contributed by atoms with van der Waals surface area (Å²) in [6.07, 6.45) is 5.96. The topological polar surface area (TPSA) is 38.9 Å². The molecule has 0 N–H and O–H groups in total. The van der Waals surface area contributed by atoms with Gasteiger partial charge in [0.1, 0.15) is 5.15 Å². The number of hydrogen-bond donors (Lipinski definition) is 0. The molecule has 0 fully saturated rings. The average molecular weight is 235 g/mol. The lowest BCUT2D eigenvalue weighted by Crippen LogP contribution is -2.08. The number of fused-ring (bicyclic) bond motifs is 1. The van der Waals surface area contributed by atoms with E-state index in [0.717, 1.165) is 24.1 Å². The van der Waals surface area contributed by atoms with Crippen molar-refractivity contribution in [3.63, 3.8) is 0 Å². The summed E-state index contributed by atoms with van der Waals surface area (Å²) < 4.78 is 5.28. The minimum atomic E-state index is 0.580. The largest absolute Gasteiger partial charge is 0.461 e. The summed E-state index contributed by atoms with van der Waals surface area (Å²) in [6, 6.07) is 3.67. The van der Waals surface area contributed by atoms with Gasteiger partial charge in [-0.15, -0.1) is 0 Å². The fraction of sp³-hybridized carbons (Fsp3) is 0.333. The highest BCUT2D eigenvalue weighted by Crippen LogP contribution is 2.28. The van der Waals surface area contributed by atoms with Gasteiger partial charge in [-0.25, -0.2) is 9.97 Å². The van der Waals surface area contributed by atoms with Gasteiger partial charge in [0.05, 0.1) is 6.26 Å². The molecule has 2 aromatic rings. The fourth-order valence-corrected chi connectivity index (χ4v) is 2.35. The van der Waals surface area contributed by atoms with E-state index in [4.69, 9.17) is 16.0 Å². The molecule has 0 bridgehead atoms. The van der Waals surface area contributed by atoms with Gasteiger partial charge in [0.15, 0.2) is 11.6 Å². The Bertz CT molecular complexity index is 508. The summed E-state index contributed by atoms with van der Waals surface area (Å²) in [4.78, 5) is 8.82. The second kappa shape index (κ2) is 3.91. The van der Waals surface area contributed by atoms with Crippen LogP contribution in [-0.4, -0.2) is 9.97 Å². The van der Waals surface area contributed by atoms with Crippen molar-refractivity contribution in [1.82, 2.24) is 9.97 Å². The van der Waals surface area contributed by atoms with E-state index < -0.39 is 0 Å². The molecule has 1 aliphatic rings. The molecule has 3 nitrogen and oxygen atoms in total. The molecule has 16 heavy (non-hydrogen) atoms. The third kappa shape index (κ3) is 1.61.